The van der Waals surface area contributed by atoms with Crippen molar-refractivity contribution in [2.75, 3.05) is 5.32 Å². The summed E-state index contributed by atoms with van der Waals surface area (Å²) >= 11 is 11.2. The Balaban J connectivity index is 1.51. The van der Waals surface area contributed by atoms with E-state index in [4.69, 9.17) is 28.6 Å². The lowest BCUT2D eigenvalue weighted by Gasteiger charge is -2.08. The second-order valence-corrected chi connectivity index (χ2v) is 7.03. The third kappa shape index (κ3) is 6.37. The molecule has 0 amide bonds. The molecule has 28 heavy (non-hydrogen) atoms. The van der Waals surface area contributed by atoms with Crippen molar-refractivity contribution in [3.05, 3.63) is 94.5 Å². The standard InChI is InChI=1S/C22H20ClN3OS/c1-16-4-2-6-20(12-16)25-22(28)26-24-14-18-5-3-7-21(13-18)27-15-17-8-10-19(23)11-9-17/h2-14H,15H2,1H3,(H2,25,26,28)/b24-14+. The van der Waals surface area contributed by atoms with Gasteiger partial charge in [0.1, 0.15) is 12.4 Å². The van der Waals surface area contributed by atoms with E-state index in [0.29, 0.717) is 16.7 Å². The van der Waals surface area contributed by atoms with Gasteiger partial charge in [0.15, 0.2) is 5.11 Å². The number of anilines is 1. The van der Waals surface area contributed by atoms with Gasteiger partial charge in [-0.1, -0.05) is 48.0 Å². The molecular weight excluding hydrogens is 390 g/mol. The first-order valence-electron chi connectivity index (χ1n) is 8.72. The van der Waals surface area contributed by atoms with Gasteiger partial charge in [-0.2, -0.15) is 5.10 Å². The highest BCUT2D eigenvalue weighted by atomic mass is 35.5. The second kappa shape index (κ2) is 9.88. The molecule has 0 aliphatic rings. The molecule has 0 atom stereocenters. The molecule has 0 saturated carbocycles. The van der Waals surface area contributed by atoms with Crippen LogP contribution in [-0.2, 0) is 6.61 Å². The normalized spacial score (nSPS) is 10.6. The number of nitrogens with one attached hydrogen (secondary N) is 2. The first kappa shape index (κ1) is 19.9. The average molecular weight is 410 g/mol. The van der Waals surface area contributed by atoms with Crippen LogP contribution in [0.25, 0.3) is 0 Å². The van der Waals surface area contributed by atoms with E-state index in [1.54, 1.807) is 6.21 Å². The molecular formula is C22H20ClN3OS. The van der Waals surface area contributed by atoms with Gasteiger partial charge in [0.05, 0.1) is 6.21 Å². The highest BCUT2D eigenvalue weighted by Crippen LogP contribution is 2.16. The van der Waals surface area contributed by atoms with Crippen molar-refractivity contribution in [2.45, 2.75) is 13.5 Å². The Kier molecular flexibility index (Phi) is 7.00. The van der Waals surface area contributed by atoms with Crippen molar-refractivity contribution in [1.29, 1.82) is 0 Å². The van der Waals surface area contributed by atoms with Crippen molar-refractivity contribution in [2.24, 2.45) is 5.10 Å². The summed E-state index contributed by atoms with van der Waals surface area (Å²) in [4.78, 5) is 0. The first-order valence-corrected chi connectivity index (χ1v) is 9.51. The van der Waals surface area contributed by atoms with Crippen LogP contribution in [0, 0.1) is 6.92 Å². The summed E-state index contributed by atoms with van der Waals surface area (Å²) in [6.07, 6.45) is 1.69. The van der Waals surface area contributed by atoms with Crippen LogP contribution in [0.5, 0.6) is 5.75 Å². The average Bonchev–Trinajstić information content (AvgIpc) is 2.68. The van der Waals surface area contributed by atoms with E-state index in [1.165, 1.54) is 0 Å². The van der Waals surface area contributed by atoms with Crippen molar-refractivity contribution in [3.63, 3.8) is 0 Å². The fourth-order valence-electron chi connectivity index (χ4n) is 2.48. The number of ether oxygens (including phenoxy) is 1. The lowest BCUT2D eigenvalue weighted by atomic mass is 10.2. The summed E-state index contributed by atoms with van der Waals surface area (Å²) in [7, 11) is 0. The van der Waals surface area contributed by atoms with Gasteiger partial charge in [0.2, 0.25) is 0 Å². The SMILES string of the molecule is Cc1cccc(NC(=S)N/N=C/c2cccc(OCc3ccc(Cl)cc3)c2)c1. The molecule has 2 N–H and O–H groups in total. The third-order valence-electron chi connectivity index (χ3n) is 3.83. The Morgan fingerprint density at radius 3 is 2.64 bits per heavy atom. The van der Waals surface area contributed by atoms with Crippen LogP contribution in [0.2, 0.25) is 5.02 Å². The summed E-state index contributed by atoms with van der Waals surface area (Å²) in [5.41, 5.74) is 6.85. The molecule has 3 aromatic carbocycles. The van der Waals surface area contributed by atoms with E-state index in [9.17, 15) is 0 Å². The number of hydrogen-bond donors (Lipinski definition) is 2. The topological polar surface area (TPSA) is 45.7 Å². The van der Waals surface area contributed by atoms with Crippen molar-refractivity contribution < 1.29 is 4.74 Å². The largest absolute Gasteiger partial charge is 0.489 e. The van der Waals surface area contributed by atoms with Gasteiger partial charge < -0.3 is 10.1 Å². The van der Waals surface area contributed by atoms with Crippen LogP contribution in [0.1, 0.15) is 16.7 Å². The zero-order valence-electron chi connectivity index (χ0n) is 15.4. The van der Waals surface area contributed by atoms with Crippen molar-refractivity contribution >= 4 is 40.8 Å². The van der Waals surface area contributed by atoms with E-state index in [1.807, 2.05) is 79.7 Å². The third-order valence-corrected chi connectivity index (χ3v) is 4.28. The maximum Gasteiger partial charge on any atom is 0.191 e. The molecule has 0 radical (unpaired) electrons. The lowest BCUT2D eigenvalue weighted by molar-refractivity contribution is 0.306. The Morgan fingerprint density at radius 2 is 1.86 bits per heavy atom. The minimum Gasteiger partial charge on any atom is -0.489 e. The van der Waals surface area contributed by atoms with Crippen LogP contribution >= 0.6 is 23.8 Å². The molecule has 6 heteroatoms. The maximum atomic E-state index is 5.90. The van der Waals surface area contributed by atoms with Crippen molar-refractivity contribution in [3.8, 4) is 5.75 Å². The highest BCUT2D eigenvalue weighted by molar-refractivity contribution is 7.80. The van der Waals surface area contributed by atoms with Gasteiger partial charge in [0.25, 0.3) is 0 Å². The molecule has 0 saturated heterocycles. The molecule has 0 fully saturated rings. The lowest BCUT2D eigenvalue weighted by Crippen LogP contribution is -2.23. The quantitative estimate of drug-likeness (QED) is 0.318. The van der Waals surface area contributed by atoms with Gasteiger partial charge >= 0.3 is 0 Å². The number of hydrogen-bond acceptors (Lipinski definition) is 3. The predicted molar refractivity (Wildman–Crippen MR) is 120 cm³/mol. The Bertz CT molecular complexity index is 974. The minimum atomic E-state index is 0.428. The molecule has 0 aliphatic carbocycles. The smallest absolute Gasteiger partial charge is 0.191 e. The Hall–Kier alpha value is -2.89. The molecule has 0 aromatic heterocycles. The summed E-state index contributed by atoms with van der Waals surface area (Å²) < 4.78 is 5.83. The predicted octanol–water partition coefficient (Wildman–Crippen LogP) is 5.55. The first-order chi connectivity index (χ1) is 13.6. The van der Waals surface area contributed by atoms with E-state index >= 15 is 0 Å². The monoisotopic (exact) mass is 409 g/mol. The number of aryl methyl sites for hydroxylation is 1. The van der Waals surface area contributed by atoms with E-state index in [-0.39, 0.29) is 0 Å². The van der Waals surface area contributed by atoms with Gasteiger partial charge in [0, 0.05) is 10.7 Å². The van der Waals surface area contributed by atoms with Crippen molar-refractivity contribution in [1.82, 2.24) is 5.43 Å². The zero-order chi connectivity index (χ0) is 19.8. The number of rotatable bonds is 6. The summed E-state index contributed by atoms with van der Waals surface area (Å²) in [5.74, 6) is 0.763. The van der Waals surface area contributed by atoms with Crippen LogP contribution in [0.3, 0.4) is 0 Å². The minimum absolute atomic E-state index is 0.428. The van der Waals surface area contributed by atoms with Gasteiger partial charge in [-0.05, 0) is 72.2 Å². The molecule has 3 aromatic rings. The molecule has 4 nitrogen and oxygen atoms in total. The molecule has 142 valence electrons. The number of thiocarbonyl (C=S) groups is 1. The number of halogens is 1. The van der Waals surface area contributed by atoms with E-state index in [0.717, 1.165) is 28.1 Å². The van der Waals surface area contributed by atoms with Crippen LogP contribution in [-0.4, -0.2) is 11.3 Å². The highest BCUT2D eigenvalue weighted by Gasteiger charge is 1.99. The molecule has 0 unspecified atom stereocenters. The van der Waals surface area contributed by atoms with Crippen LogP contribution in [0.4, 0.5) is 5.69 Å². The van der Waals surface area contributed by atoms with Crippen LogP contribution < -0.4 is 15.5 Å². The second-order valence-electron chi connectivity index (χ2n) is 6.18. The Morgan fingerprint density at radius 1 is 1.07 bits per heavy atom. The summed E-state index contributed by atoms with van der Waals surface area (Å²) in [6.45, 7) is 2.50. The number of benzene rings is 3. The Labute approximate surface area is 175 Å². The fourth-order valence-corrected chi connectivity index (χ4v) is 2.78. The molecule has 3 rings (SSSR count). The molecule has 0 spiro atoms. The maximum absolute atomic E-state index is 5.90. The van der Waals surface area contributed by atoms with E-state index < -0.39 is 0 Å². The van der Waals surface area contributed by atoms with Crippen LogP contribution in [0.15, 0.2) is 77.9 Å². The summed E-state index contributed by atoms with van der Waals surface area (Å²) in [6, 6.07) is 23.2. The number of nitrogens with zero attached hydrogens (tertiary/aromatic N) is 1. The van der Waals surface area contributed by atoms with E-state index in [2.05, 4.69) is 15.8 Å². The van der Waals surface area contributed by atoms with Gasteiger partial charge in [-0.3, -0.25) is 5.43 Å². The van der Waals surface area contributed by atoms with Gasteiger partial charge in [-0.25, -0.2) is 0 Å². The zero-order valence-corrected chi connectivity index (χ0v) is 16.9. The summed E-state index contributed by atoms with van der Waals surface area (Å²) in [5, 5.41) is 8.42. The molecule has 0 aliphatic heterocycles. The number of hydrazone groups is 1. The molecule has 0 bridgehead atoms. The van der Waals surface area contributed by atoms with Gasteiger partial charge in [-0.15, -0.1) is 0 Å². The fraction of sp³-hybridized carbons (Fsp3) is 0.0909. The molecule has 0 heterocycles.